The number of aliphatic hydroxyl groups is 1. The molecule has 1 aliphatic rings. The summed E-state index contributed by atoms with van der Waals surface area (Å²) in [4.78, 5) is 11.9. The van der Waals surface area contributed by atoms with Crippen LogP contribution in [-0.4, -0.2) is 33.4 Å². The summed E-state index contributed by atoms with van der Waals surface area (Å²) in [7, 11) is 0. The summed E-state index contributed by atoms with van der Waals surface area (Å²) < 4.78 is 1.59. The van der Waals surface area contributed by atoms with Gasteiger partial charge in [-0.3, -0.25) is 9.48 Å². The Labute approximate surface area is 124 Å². The lowest BCUT2D eigenvalue weighted by atomic mass is 10.0. The van der Waals surface area contributed by atoms with E-state index in [0.717, 1.165) is 24.2 Å². The fourth-order valence-corrected chi connectivity index (χ4v) is 2.88. The van der Waals surface area contributed by atoms with E-state index < -0.39 is 6.10 Å². The fraction of sp³-hybridized carbons (Fsp3) is 0.714. The smallest absolute Gasteiger partial charge is 0.241 e. The van der Waals surface area contributed by atoms with E-state index in [2.05, 4.69) is 10.4 Å². The van der Waals surface area contributed by atoms with E-state index >= 15 is 0 Å². The van der Waals surface area contributed by atoms with Crippen LogP contribution >= 0.6 is 11.6 Å². The first-order valence-electron chi connectivity index (χ1n) is 7.13. The number of hydrogen-bond donors (Lipinski definition) is 2. The molecule has 1 fully saturated rings. The molecule has 1 aliphatic carbocycles. The zero-order chi connectivity index (χ0) is 14.7. The Morgan fingerprint density at radius 3 is 2.70 bits per heavy atom. The largest absolute Gasteiger partial charge is 0.391 e. The SMILES string of the molecule is Cc1nn(CC(=O)NCC(O)C2CCCC2)c(C)c1Cl. The van der Waals surface area contributed by atoms with Crippen LogP contribution in [0.3, 0.4) is 0 Å². The van der Waals surface area contributed by atoms with Crippen LogP contribution in [-0.2, 0) is 11.3 Å². The van der Waals surface area contributed by atoms with Crippen LogP contribution in [0.1, 0.15) is 37.1 Å². The molecule has 20 heavy (non-hydrogen) atoms. The van der Waals surface area contributed by atoms with Crippen molar-refractivity contribution in [3.05, 3.63) is 16.4 Å². The number of amides is 1. The van der Waals surface area contributed by atoms with E-state index in [-0.39, 0.29) is 12.5 Å². The molecule has 5 nitrogen and oxygen atoms in total. The Morgan fingerprint density at radius 2 is 2.15 bits per heavy atom. The average Bonchev–Trinajstić information content (AvgIpc) is 3.02. The van der Waals surface area contributed by atoms with E-state index in [1.807, 2.05) is 13.8 Å². The van der Waals surface area contributed by atoms with E-state index in [9.17, 15) is 9.90 Å². The Bertz CT molecular complexity index is 481. The first-order valence-corrected chi connectivity index (χ1v) is 7.51. The fourth-order valence-electron chi connectivity index (χ4n) is 2.75. The van der Waals surface area contributed by atoms with Gasteiger partial charge < -0.3 is 10.4 Å². The quantitative estimate of drug-likeness (QED) is 0.871. The normalized spacial score (nSPS) is 17.4. The van der Waals surface area contributed by atoms with Gasteiger partial charge in [-0.2, -0.15) is 5.10 Å². The van der Waals surface area contributed by atoms with Crippen LogP contribution in [0, 0.1) is 19.8 Å². The highest BCUT2D eigenvalue weighted by molar-refractivity contribution is 6.31. The third-order valence-electron chi connectivity index (χ3n) is 4.04. The summed E-state index contributed by atoms with van der Waals surface area (Å²) in [6, 6.07) is 0. The third-order valence-corrected chi connectivity index (χ3v) is 4.59. The van der Waals surface area contributed by atoms with Gasteiger partial charge in [-0.15, -0.1) is 0 Å². The van der Waals surface area contributed by atoms with Crippen molar-refractivity contribution >= 4 is 17.5 Å². The summed E-state index contributed by atoms with van der Waals surface area (Å²) >= 11 is 6.04. The second-order valence-corrected chi connectivity index (χ2v) is 5.94. The Hall–Kier alpha value is -1.07. The van der Waals surface area contributed by atoms with Gasteiger partial charge in [0.15, 0.2) is 0 Å². The summed E-state index contributed by atoms with van der Waals surface area (Å²) in [6.07, 6.45) is 4.04. The molecule has 1 aromatic heterocycles. The highest BCUT2D eigenvalue weighted by Gasteiger charge is 2.23. The number of halogens is 1. The number of aryl methyl sites for hydroxylation is 1. The monoisotopic (exact) mass is 299 g/mol. The van der Waals surface area contributed by atoms with Crippen LogP contribution in [0.5, 0.6) is 0 Å². The minimum absolute atomic E-state index is 0.136. The zero-order valence-electron chi connectivity index (χ0n) is 12.0. The summed E-state index contributed by atoms with van der Waals surface area (Å²) in [5.41, 5.74) is 1.51. The van der Waals surface area contributed by atoms with Gasteiger partial charge in [0.2, 0.25) is 5.91 Å². The van der Waals surface area contributed by atoms with Gasteiger partial charge in [-0.05, 0) is 32.6 Å². The lowest BCUT2D eigenvalue weighted by Gasteiger charge is -2.18. The van der Waals surface area contributed by atoms with Gasteiger partial charge >= 0.3 is 0 Å². The van der Waals surface area contributed by atoms with Crippen molar-refractivity contribution in [1.82, 2.24) is 15.1 Å². The number of carbonyl (C=O) groups excluding carboxylic acids is 1. The second-order valence-electron chi connectivity index (χ2n) is 5.56. The van der Waals surface area contributed by atoms with Crippen molar-refractivity contribution in [1.29, 1.82) is 0 Å². The minimum Gasteiger partial charge on any atom is -0.391 e. The number of aromatic nitrogens is 2. The highest BCUT2D eigenvalue weighted by atomic mass is 35.5. The molecule has 1 unspecified atom stereocenters. The van der Waals surface area contributed by atoms with Crippen molar-refractivity contribution < 1.29 is 9.90 Å². The number of nitrogens with one attached hydrogen (secondary N) is 1. The molecule has 6 heteroatoms. The molecule has 0 bridgehead atoms. The first kappa shape index (κ1) is 15.3. The van der Waals surface area contributed by atoms with E-state index in [4.69, 9.17) is 11.6 Å². The van der Waals surface area contributed by atoms with Crippen molar-refractivity contribution in [2.75, 3.05) is 6.54 Å². The van der Waals surface area contributed by atoms with Crippen molar-refractivity contribution in [3.63, 3.8) is 0 Å². The number of aliphatic hydroxyl groups excluding tert-OH is 1. The molecule has 2 N–H and O–H groups in total. The lowest BCUT2D eigenvalue weighted by molar-refractivity contribution is -0.122. The average molecular weight is 300 g/mol. The van der Waals surface area contributed by atoms with Gasteiger partial charge in [-0.25, -0.2) is 0 Å². The second kappa shape index (κ2) is 6.59. The number of nitrogens with zero attached hydrogens (tertiary/aromatic N) is 2. The van der Waals surface area contributed by atoms with E-state index in [0.29, 0.717) is 17.5 Å². The Balaban J connectivity index is 1.81. The van der Waals surface area contributed by atoms with Gasteiger partial charge in [-0.1, -0.05) is 24.4 Å². The van der Waals surface area contributed by atoms with Gasteiger partial charge in [0.25, 0.3) is 0 Å². The molecule has 1 atom stereocenters. The summed E-state index contributed by atoms with van der Waals surface area (Å²) in [6.45, 7) is 4.10. The first-order chi connectivity index (χ1) is 9.49. The lowest BCUT2D eigenvalue weighted by Crippen LogP contribution is -2.37. The number of hydrogen-bond acceptors (Lipinski definition) is 3. The molecule has 1 amide bonds. The molecule has 2 rings (SSSR count). The maximum absolute atomic E-state index is 11.9. The maximum Gasteiger partial charge on any atom is 0.241 e. The predicted octanol–water partition coefficient (Wildman–Crippen LogP) is 1.82. The molecule has 0 aliphatic heterocycles. The summed E-state index contributed by atoms with van der Waals surface area (Å²) in [5, 5.41) is 17.6. The molecule has 0 saturated heterocycles. The maximum atomic E-state index is 11.9. The third kappa shape index (κ3) is 3.52. The predicted molar refractivity (Wildman–Crippen MR) is 77.7 cm³/mol. The van der Waals surface area contributed by atoms with Crippen molar-refractivity contribution in [2.24, 2.45) is 5.92 Å². The molecule has 0 aromatic carbocycles. The van der Waals surface area contributed by atoms with Gasteiger partial charge in [0.1, 0.15) is 6.54 Å². The van der Waals surface area contributed by atoms with E-state index in [1.165, 1.54) is 12.8 Å². The van der Waals surface area contributed by atoms with Crippen LogP contribution in [0.25, 0.3) is 0 Å². The number of rotatable bonds is 5. The van der Waals surface area contributed by atoms with Crippen LogP contribution < -0.4 is 5.32 Å². The summed E-state index contributed by atoms with van der Waals surface area (Å²) in [5.74, 6) is 0.183. The van der Waals surface area contributed by atoms with Crippen molar-refractivity contribution in [2.45, 2.75) is 52.2 Å². The minimum atomic E-state index is -0.439. The molecule has 1 heterocycles. The molecular weight excluding hydrogens is 278 g/mol. The molecule has 0 spiro atoms. The van der Waals surface area contributed by atoms with Gasteiger partial charge in [0.05, 0.1) is 22.5 Å². The Kier molecular flexibility index (Phi) is 5.05. The highest BCUT2D eigenvalue weighted by Crippen LogP contribution is 2.27. The van der Waals surface area contributed by atoms with Crippen LogP contribution in [0.4, 0.5) is 0 Å². The molecular formula is C14H22ClN3O2. The standard InChI is InChI=1S/C14H22ClN3O2/c1-9-14(15)10(2)18(17-9)8-13(20)16-7-12(19)11-5-3-4-6-11/h11-12,19H,3-8H2,1-2H3,(H,16,20). The topological polar surface area (TPSA) is 67.2 Å². The molecule has 1 aromatic rings. The van der Waals surface area contributed by atoms with Crippen molar-refractivity contribution in [3.8, 4) is 0 Å². The van der Waals surface area contributed by atoms with Gasteiger partial charge in [0, 0.05) is 6.54 Å². The van der Waals surface area contributed by atoms with E-state index in [1.54, 1.807) is 4.68 Å². The molecule has 112 valence electrons. The molecule has 1 saturated carbocycles. The molecule has 0 radical (unpaired) electrons. The number of carbonyl (C=O) groups is 1. The zero-order valence-corrected chi connectivity index (χ0v) is 12.8. The van der Waals surface area contributed by atoms with Crippen LogP contribution in [0.15, 0.2) is 0 Å². The Morgan fingerprint density at radius 1 is 1.50 bits per heavy atom. The van der Waals surface area contributed by atoms with Crippen LogP contribution in [0.2, 0.25) is 5.02 Å².